The van der Waals surface area contributed by atoms with Crippen molar-refractivity contribution in [2.24, 2.45) is 0 Å². The molecule has 172 valence electrons. The van der Waals surface area contributed by atoms with Gasteiger partial charge >= 0.3 is 0 Å². The summed E-state index contributed by atoms with van der Waals surface area (Å²) in [6, 6.07) is 1.10. The highest BCUT2D eigenvalue weighted by molar-refractivity contribution is 9.10. The smallest absolute Gasteiger partial charge is 0.225 e. The van der Waals surface area contributed by atoms with Crippen LogP contribution in [0.25, 0.3) is 22.1 Å². The molecule has 9 nitrogen and oxygen atoms in total. The minimum Gasteiger partial charge on any atom is -0.359 e. The molecule has 0 bridgehead atoms. The van der Waals surface area contributed by atoms with E-state index in [4.69, 9.17) is 51.1 Å². The van der Waals surface area contributed by atoms with E-state index in [-0.39, 0.29) is 20.9 Å². The Morgan fingerprint density at radius 2 is 1.56 bits per heavy atom. The van der Waals surface area contributed by atoms with Crippen molar-refractivity contribution in [2.45, 2.75) is 32.4 Å². The average molecular weight is 666 g/mol. The monoisotopic (exact) mass is 662 g/mol. The van der Waals surface area contributed by atoms with E-state index in [1.807, 2.05) is 0 Å². The van der Waals surface area contributed by atoms with Gasteiger partial charge in [0, 0.05) is 14.7 Å². The minimum atomic E-state index is -1.09. The van der Waals surface area contributed by atoms with Crippen molar-refractivity contribution in [3.63, 3.8) is 0 Å². The molecule has 1 N–H and O–H groups in total. The SMILES string of the molecule is C[Si](C)(C)CCOCn1nc(Br)c2c(Cl)nc(Cl)nc21.Clc1nc(Cl)c2c(Br)[nH]nc2n1. The van der Waals surface area contributed by atoms with Crippen molar-refractivity contribution in [3.05, 3.63) is 30.1 Å². The molecule has 0 aromatic carbocycles. The normalized spacial score (nSPS) is 11.8. The Morgan fingerprint density at radius 3 is 2.22 bits per heavy atom. The van der Waals surface area contributed by atoms with E-state index in [1.165, 1.54) is 0 Å². The van der Waals surface area contributed by atoms with Gasteiger partial charge in [-0.05, 0) is 61.1 Å². The Bertz CT molecular complexity index is 1260. The first-order chi connectivity index (χ1) is 15.0. The number of fused-ring (bicyclic) bond motifs is 2. The third-order valence-corrected chi connectivity index (χ3v) is 7.70. The molecule has 0 aliphatic heterocycles. The quantitative estimate of drug-likeness (QED) is 0.110. The highest BCUT2D eigenvalue weighted by Crippen LogP contribution is 2.29. The van der Waals surface area contributed by atoms with Crippen molar-refractivity contribution in [3.8, 4) is 0 Å². The lowest BCUT2D eigenvalue weighted by Gasteiger charge is -2.15. The summed E-state index contributed by atoms with van der Waals surface area (Å²) in [7, 11) is -1.09. The molecule has 32 heavy (non-hydrogen) atoms. The summed E-state index contributed by atoms with van der Waals surface area (Å²) in [6.45, 7) is 7.95. The first kappa shape index (κ1) is 26.0. The van der Waals surface area contributed by atoms with Gasteiger partial charge in [-0.1, -0.05) is 42.8 Å². The van der Waals surface area contributed by atoms with E-state index < -0.39 is 8.07 Å². The Labute approximate surface area is 220 Å². The number of ether oxygens (including phenoxy) is 1. The molecule has 4 aromatic heterocycles. The van der Waals surface area contributed by atoms with E-state index >= 15 is 0 Å². The number of hydrogen-bond acceptors (Lipinski definition) is 7. The van der Waals surface area contributed by atoms with Crippen LogP contribution in [0.5, 0.6) is 0 Å². The molecule has 0 aliphatic carbocycles. The second-order valence-electron chi connectivity index (χ2n) is 7.64. The molecular formula is C16H16Br2Cl4N8OSi. The van der Waals surface area contributed by atoms with Crippen molar-refractivity contribution in [1.29, 1.82) is 0 Å². The van der Waals surface area contributed by atoms with Crippen LogP contribution in [0, 0.1) is 0 Å². The third-order valence-electron chi connectivity index (χ3n) is 3.99. The van der Waals surface area contributed by atoms with Crippen LogP contribution >= 0.6 is 78.3 Å². The fourth-order valence-electron chi connectivity index (χ4n) is 2.41. The van der Waals surface area contributed by atoms with E-state index in [0.717, 1.165) is 6.04 Å². The van der Waals surface area contributed by atoms with Crippen LogP contribution in [0.15, 0.2) is 9.21 Å². The first-order valence-electron chi connectivity index (χ1n) is 9.01. The summed E-state index contributed by atoms with van der Waals surface area (Å²) in [6.07, 6.45) is 0. The fourth-order valence-corrected chi connectivity index (χ4v) is 5.33. The van der Waals surface area contributed by atoms with Gasteiger partial charge in [0.25, 0.3) is 0 Å². The predicted molar refractivity (Wildman–Crippen MR) is 137 cm³/mol. The molecule has 0 fully saturated rings. The number of rotatable bonds is 5. The summed E-state index contributed by atoms with van der Waals surface area (Å²) >= 11 is 29.8. The first-order valence-corrected chi connectivity index (χ1v) is 15.8. The zero-order chi connectivity index (χ0) is 23.6. The zero-order valence-electron chi connectivity index (χ0n) is 16.9. The minimum absolute atomic E-state index is 0.0894. The van der Waals surface area contributed by atoms with E-state index in [2.05, 4.69) is 86.7 Å². The molecule has 0 radical (unpaired) electrons. The maximum Gasteiger partial charge on any atom is 0.225 e. The molecule has 0 atom stereocenters. The lowest BCUT2D eigenvalue weighted by molar-refractivity contribution is 0.0810. The van der Waals surface area contributed by atoms with Gasteiger partial charge in [0.05, 0.1) is 10.8 Å². The van der Waals surface area contributed by atoms with Crippen LogP contribution in [0.4, 0.5) is 0 Å². The fraction of sp³-hybridized carbons (Fsp3) is 0.375. The van der Waals surface area contributed by atoms with Crippen molar-refractivity contribution >= 4 is 108 Å². The van der Waals surface area contributed by atoms with Crippen molar-refractivity contribution < 1.29 is 4.74 Å². The summed E-state index contributed by atoms with van der Waals surface area (Å²) in [5.41, 5.74) is 1.02. The summed E-state index contributed by atoms with van der Waals surface area (Å²) in [5, 5.41) is 12.8. The van der Waals surface area contributed by atoms with E-state index in [0.29, 0.717) is 44.6 Å². The van der Waals surface area contributed by atoms with Gasteiger partial charge in [-0.15, -0.1) is 0 Å². The molecule has 4 aromatic rings. The highest BCUT2D eigenvalue weighted by atomic mass is 79.9. The molecule has 0 unspecified atom stereocenters. The number of hydrogen-bond donors (Lipinski definition) is 1. The van der Waals surface area contributed by atoms with Gasteiger partial charge in [-0.25, -0.2) is 14.6 Å². The molecule has 0 aliphatic rings. The van der Waals surface area contributed by atoms with Crippen LogP contribution in [0.3, 0.4) is 0 Å². The molecule has 16 heteroatoms. The van der Waals surface area contributed by atoms with Gasteiger partial charge in [0.2, 0.25) is 10.6 Å². The second kappa shape index (κ2) is 10.8. The summed E-state index contributed by atoms with van der Waals surface area (Å²) < 4.78 is 8.53. The predicted octanol–water partition coefficient (Wildman–Crippen LogP) is 6.63. The van der Waals surface area contributed by atoms with Crippen LogP contribution in [-0.2, 0) is 11.5 Å². The molecule has 4 heterocycles. The number of halogens is 6. The Kier molecular flexibility index (Phi) is 8.75. The topological polar surface area (TPSA) is 107 Å². The van der Waals surface area contributed by atoms with Crippen LogP contribution in [0.1, 0.15) is 0 Å². The lowest BCUT2D eigenvalue weighted by Crippen LogP contribution is -2.22. The number of nitrogens with one attached hydrogen (secondary N) is 1. The van der Waals surface area contributed by atoms with Crippen LogP contribution in [0.2, 0.25) is 46.6 Å². The Balaban J connectivity index is 0.000000204. The largest absolute Gasteiger partial charge is 0.359 e. The second-order valence-corrected chi connectivity index (χ2v) is 16.2. The molecule has 0 spiro atoms. The van der Waals surface area contributed by atoms with Gasteiger partial charge in [-0.3, -0.25) is 5.10 Å². The zero-order valence-corrected chi connectivity index (χ0v) is 24.1. The number of aromatic nitrogens is 8. The summed E-state index contributed by atoms with van der Waals surface area (Å²) in [5.74, 6) is 0. The molecular weight excluding hydrogens is 650 g/mol. The van der Waals surface area contributed by atoms with Gasteiger partial charge in [0.1, 0.15) is 26.2 Å². The van der Waals surface area contributed by atoms with Crippen LogP contribution < -0.4 is 0 Å². The lowest BCUT2D eigenvalue weighted by atomic mass is 10.4. The number of H-pyrrole nitrogens is 1. The highest BCUT2D eigenvalue weighted by Gasteiger charge is 2.17. The van der Waals surface area contributed by atoms with E-state index in [1.54, 1.807) is 4.68 Å². The van der Waals surface area contributed by atoms with E-state index in [9.17, 15) is 0 Å². The van der Waals surface area contributed by atoms with Crippen LogP contribution in [-0.4, -0.2) is 54.6 Å². The van der Waals surface area contributed by atoms with Crippen molar-refractivity contribution in [2.75, 3.05) is 6.61 Å². The number of nitrogens with zero attached hydrogens (tertiary/aromatic N) is 7. The number of aromatic amines is 1. The van der Waals surface area contributed by atoms with Gasteiger partial charge in [0.15, 0.2) is 11.3 Å². The molecule has 0 saturated carbocycles. The average Bonchev–Trinajstić information content (AvgIpc) is 3.18. The van der Waals surface area contributed by atoms with Gasteiger partial charge in [-0.2, -0.15) is 20.2 Å². The Morgan fingerprint density at radius 1 is 0.938 bits per heavy atom. The Hall–Kier alpha value is -0.603. The molecule has 4 rings (SSSR count). The molecule has 0 amide bonds. The molecule has 0 saturated heterocycles. The van der Waals surface area contributed by atoms with Gasteiger partial charge < -0.3 is 4.74 Å². The summed E-state index contributed by atoms with van der Waals surface area (Å²) in [4.78, 5) is 15.7. The standard InChI is InChI=1S/C11H15BrCl2N4OSi.C5HBrCl2N4/c1-20(2,3)5-4-19-6-18-10-7(8(12)17-18)9(13)15-11(14)16-10;6-2-1-3(7)9-5(8)10-4(1)12-11-2/h4-6H2,1-3H3;(H,9,10,11,12). The third kappa shape index (κ3) is 6.50. The maximum absolute atomic E-state index is 6.05. The maximum atomic E-state index is 6.05. The van der Waals surface area contributed by atoms with Crippen molar-refractivity contribution in [1.82, 2.24) is 39.9 Å².